The highest BCUT2D eigenvalue weighted by Gasteiger charge is 2.55. The van der Waals surface area contributed by atoms with Gasteiger partial charge in [-0.05, 0) is 46.5 Å². The van der Waals surface area contributed by atoms with Crippen LogP contribution in [0.1, 0.15) is 46.5 Å². The molecule has 0 aromatic rings. The molecule has 0 aromatic carbocycles. The fourth-order valence-electron chi connectivity index (χ4n) is 3.68. The van der Waals surface area contributed by atoms with Gasteiger partial charge in [-0.1, -0.05) is 12.2 Å². The molecule has 2 saturated heterocycles. The standard InChI is InChI=1S/C17H26N2O3/c1-17(2,3)22-16(21)19-10-12-9-13(19)14(12)18-15(20)11-7-5-4-6-8-11/h4-5,11-14H,6-10H2,1-3H3,(H,18,20)/t11-,12+,13-,14-/m0/s1. The van der Waals surface area contributed by atoms with Crippen molar-refractivity contribution in [2.24, 2.45) is 11.8 Å². The van der Waals surface area contributed by atoms with E-state index >= 15 is 0 Å². The maximum atomic E-state index is 12.3. The van der Waals surface area contributed by atoms with Crippen LogP contribution in [0.15, 0.2) is 12.2 Å². The molecule has 2 aliphatic heterocycles. The molecule has 2 bridgehead atoms. The Labute approximate surface area is 132 Å². The zero-order valence-electron chi connectivity index (χ0n) is 13.7. The van der Waals surface area contributed by atoms with Crippen molar-refractivity contribution in [3.05, 3.63) is 12.2 Å². The van der Waals surface area contributed by atoms with Gasteiger partial charge in [0.15, 0.2) is 0 Å². The summed E-state index contributed by atoms with van der Waals surface area (Å²) in [4.78, 5) is 26.4. The molecule has 1 saturated carbocycles. The van der Waals surface area contributed by atoms with Crippen LogP contribution in [0.5, 0.6) is 0 Å². The Hall–Kier alpha value is -1.52. The van der Waals surface area contributed by atoms with Gasteiger partial charge in [-0.3, -0.25) is 4.79 Å². The maximum absolute atomic E-state index is 12.3. The summed E-state index contributed by atoms with van der Waals surface area (Å²) in [6, 6.07) is 0.230. The molecule has 4 atom stereocenters. The third-order valence-electron chi connectivity index (χ3n) is 4.87. The van der Waals surface area contributed by atoms with Crippen molar-refractivity contribution in [3.63, 3.8) is 0 Å². The van der Waals surface area contributed by atoms with E-state index in [9.17, 15) is 9.59 Å². The summed E-state index contributed by atoms with van der Waals surface area (Å²) in [5.41, 5.74) is -0.475. The minimum Gasteiger partial charge on any atom is -0.444 e. The van der Waals surface area contributed by atoms with E-state index in [1.807, 2.05) is 20.8 Å². The van der Waals surface area contributed by atoms with Gasteiger partial charge in [0.1, 0.15) is 5.60 Å². The molecule has 5 heteroatoms. The normalized spacial score (nSPS) is 33.3. The molecule has 0 aromatic heterocycles. The third kappa shape index (κ3) is 2.99. The Morgan fingerprint density at radius 2 is 2.05 bits per heavy atom. The SMILES string of the molecule is CC(C)(C)OC(=O)N1C[C@H]2C[C@H]1[C@H]2NC(=O)[C@H]1CC=CCC1. The van der Waals surface area contributed by atoms with Crippen LogP contribution in [0.2, 0.25) is 0 Å². The van der Waals surface area contributed by atoms with Gasteiger partial charge >= 0.3 is 6.09 Å². The Morgan fingerprint density at radius 1 is 1.27 bits per heavy atom. The van der Waals surface area contributed by atoms with Crippen LogP contribution >= 0.6 is 0 Å². The summed E-state index contributed by atoms with van der Waals surface area (Å²) < 4.78 is 5.45. The van der Waals surface area contributed by atoms with Gasteiger partial charge in [-0.25, -0.2) is 4.79 Å². The van der Waals surface area contributed by atoms with E-state index in [2.05, 4.69) is 17.5 Å². The summed E-state index contributed by atoms with van der Waals surface area (Å²) >= 11 is 0. The molecule has 2 amide bonds. The number of carbonyl (C=O) groups is 2. The zero-order valence-corrected chi connectivity index (χ0v) is 13.7. The van der Waals surface area contributed by atoms with E-state index in [1.165, 1.54) is 0 Å². The number of nitrogens with zero attached hydrogens (tertiary/aromatic N) is 1. The first-order valence-electron chi connectivity index (χ1n) is 8.30. The first kappa shape index (κ1) is 15.4. The van der Waals surface area contributed by atoms with Crippen LogP contribution in [0.4, 0.5) is 4.79 Å². The molecule has 4 rings (SSSR count). The summed E-state index contributed by atoms with van der Waals surface area (Å²) in [6.45, 7) is 6.33. The number of nitrogens with one attached hydrogen (secondary N) is 1. The monoisotopic (exact) mass is 306 g/mol. The lowest BCUT2D eigenvalue weighted by molar-refractivity contribution is -0.127. The number of amides is 2. The van der Waals surface area contributed by atoms with Gasteiger partial charge in [-0.15, -0.1) is 0 Å². The molecular formula is C17H26N2O3. The van der Waals surface area contributed by atoms with Gasteiger partial charge in [0.2, 0.25) is 5.91 Å². The number of allylic oxidation sites excluding steroid dienone is 2. The van der Waals surface area contributed by atoms with Crippen molar-refractivity contribution in [1.29, 1.82) is 0 Å². The van der Waals surface area contributed by atoms with Crippen molar-refractivity contribution in [2.75, 3.05) is 6.54 Å². The molecule has 5 nitrogen and oxygen atoms in total. The van der Waals surface area contributed by atoms with Crippen LogP contribution < -0.4 is 5.32 Å². The fourth-order valence-corrected chi connectivity index (χ4v) is 3.68. The van der Waals surface area contributed by atoms with Crippen LogP contribution in [0, 0.1) is 11.8 Å². The molecule has 3 fully saturated rings. The first-order chi connectivity index (χ1) is 10.3. The Kier molecular flexibility index (Phi) is 3.91. The van der Waals surface area contributed by atoms with E-state index in [1.54, 1.807) is 4.90 Å². The van der Waals surface area contributed by atoms with E-state index < -0.39 is 5.60 Å². The second-order valence-electron chi connectivity index (χ2n) is 7.71. The Balaban J connectivity index is 1.54. The van der Waals surface area contributed by atoms with Crippen molar-refractivity contribution >= 4 is 12.0 Å². The zero-order chi connectivity index (χ0) is 15.9. The second-order valence-corrected chi connectivity index (χ2v) is 7.71. The van der Waals surface area contributed by atoms with Gasteiger partial charge in [-0.2, -0.15) is 0 Å². The molecule has 0 radical (unpaired) electrons. The summed E-state index contributed by atoms with van der Waals surface area (Å²) in [6.07, 6.45) is 7.72. The van der Waals surface area contributed by atoms with Gasteiger partial charge in [0.25, 0.3) is 0 Å². The number of carbonyl (C=O) groups excluding carboxylic acids is 2. The number of ether oxygens (including phenoxy) is 1. The lowest BCUT2D eigenvalue weighted by atomic mass is 9.79. The number of hydrogen-bond donors (Lipinski definition) is 1. The van der Waals surface area contributed by atoms with Crippen molar-refractivity contribution in [2.45, 2.75) is 64.1 Å². The van der Waals surface area contributed by atoms with Gasteiger partial charge in [0, 0.05) is 18.4 Å². The highest BCUT2D eigenvalue weighted by molar-refractivity contribution is 5.80. The predicted molar refractivity (Wildman–Crippen MR) is 83.2 cm³/mol. The van der Waals surface area contributed by atoms with Crippen LogP contribution in [-0.4, -0.2) is 41.1 Å². The van der Waals surface area contributed by atoms with Crippen LogP contribution in [0.25, 0.3) is 0 Å². The van der Waals surface area contributed by atoms with Crippen molar-refractivity contribution in [1.82, 2.24) is 10.2 Å². The first-order valence-corrected chi connectivity index (χ1v) is 8.30. The number of rotatable bonds is 2. The van der Waals surface area contributed by atoms with E-state index in [4.69, 9.17) is 4.74 Å². The van der Waals surface area contributed by atoms with E-state index in [0.717, 1.165) is 25.7 Å². The smallest absolute Gasteiger partial charge is 0.410 e. The highest BCUT2D eigenvalue weighted by atomic mass is 16.6. The minimum absolute atomic E-state index is 0.0972. The Morgan fingerprint density at radius 3 is 2.68 bits per heavy atom. The van der Waals surface area contributed by atoms with Crippen molar-refractivity contribution in [3.8, 4) is 0 Å². The summed E-state index contributed by atoms with van der Waals surface area (Å²) in [7, 11) is 0. The molecule has 22 heavy (non-hydrogen) atoms. The lowest BCUT2D eigenvalue weighted by Gasteiger charge is -2.38. The number of hydrogen-bond acceptors (Lipinski definition) is 3. The van der Waals surface area contributed by atoms with Crippen LogP contribution in [0.3, 0.4) is 0 Å². The molecule has 2 heterocycles. The largest absolute Gasteiger partial charge is 0.444 e. The summed E-state index contributed by atoms with van der Waals surface area (Å²) in [5, 5.41) is 3.17. The molecule has 2 aliphatic carbocycles. The maximum Gasteiger partial charge on any atom is 0.410 e. The third-order valence-corrected chi connectivity index (χ3v) is 4.87. The Bertz CT molecular complexity index is 495. The minimum atomic E-state index is -0.475. The quantitative estimate of drug-likeness (QED) is 0.797. The average molecular weight is 306 g/mol. The lowest BCUT2D eigenvalue weighted by Crippen LogP contribution is -2.56. The highest BCUT2D eigenvalue weighted by Crippen LogP contribution is 2.42. The fraction of sp³-hybridized carbons (Fsp3) is 0.765. The number of fused-ring (bicyclic) bond motifs is 1. The topological polar surface area (TPSA) is 58.6 Å². The van der Waals surface area contributed by atoms with Crippen molar-refractivity contribution < 1.29 is 14.3 Å². The molecule has 4 aliphatic rings. The van der Waals surface area contributed by atoms with Crippen LogP contribution in [-0.2, 0) is 9.53 Å². The molecule has 0 spiro atoms. The predicted octanol–water partition coefficient (Wildman–Crippen LogP) is 2.47. The average Bonchev–Trinajstić information content (AvgIpc) is 3.02. The molecule has 0 unspecified atom stereocenters. The van der Waals surface area contributed by atoms with Gasteiger partial charge < -0.3 is 15.0 Å². The summed E-state index contributed by atoms with van der Waals surface area (Å²) in [5.74, 6) is 0.635. The molecule has 1 N–H and O–H groups in total. The van der Waals surface area contributed by atoms with E-state index in [-0.39, 0.29) is 30.0 Å². The second kappa shape index (κ2) is 5.60. The van der Waals surface area contributed by atoms with E-state index in [0.29, 0.717) is 12.5 Å². The molecular weight excluding hydrogens is 280 g/mol. The van der Waals surface area contributed by atoms with Gasteiger partial charge in [0.05, 0.1) is 12.1 Å². The molecule has 122 valence electrons.